The van der Waals surface area contributed by atoms with Gasteiger partial charge in [0.25, 0.3) is 0 Å². The third kappa shape index (κ3) is 6.28. The summed E-state index contributed by atoms with van der Waals surface area (Å²) >= 11 is 7.22. The third-order valence-electron chi connectivity index (χ3n) is 2.34. The Balaban J connectivity index is 2.22. The Morgan fingerprint density at radius 3 is 2.72 bits per heavy atom. The molecule has 0 radical (unpaired) electrons. The average Bonchev–Trinajstić information content (AvgIpc) is 2.36. The fourth-order valence-electron chi connectivity index (χ4n) is 1.40. The molecule has 0 aliphatic carbocycles. The summed E-state index contributed by atoms with van der Waals surface area (Å²) in [7, 11) is 0. The van der Waals surface area contributed by atoms with Gasteiger partial charge in [-0.05, 0) is 30.7 Å². The highest BCUT2D eigenvalue weighted by atomic mass is 35.5. The fourth-order valence-corrected chi connectivity index (χ4v) is 2.25. The first kappa shape index (κ1) is 15.3. The highest BCUT2D eigenvalue weighted by Gasteiger charge is 2.06. The highest BCUT2D eigenvalue weighted by Crippen LogP contribution is 2.19. The zero-order valence-corrected chi connectivity index (χ0v) is 11.9. The largest absolute Gasteiger partial charge is 0.391 e. The lowest BCUT2D eigenvalue weighted by Crippen LogP contribution is -2.33. The molecule has 0 saturated carbocycles. The molecule has 0 aliphatic rings. The monoisotopic (exact) mass is 287 g/mol. The van der Waals surface area contributed by atoms with Gasteiger partial charge in [0.1, 0.15) is 0 Å². The van der Waals surface area contributed by atoms with Crippen LogP contribution in [0.5, 0.6) is 0 Å². The van der Waals surface area contributed by atoms with Crippen LogP contribution < -0.4 is 5.32 Å². The summed E-state index contributed by atoms with van der Waals surface area (Å²) in [6.07, 6.45) is 1.18. The van der Waals surface area contributed by atoms with E-state index >= 15 is 0 Å². The van der Waals surface area contributed by atoms with Gasteiger partial charge in [-0.2, -0.15) is 0 Å². The minimum absolute atomic E-state index is 0.0647. The first-order valence-corrected chi connectivity index (χ1v) is 7.31. The van der Waals surface area contributed by atoms with E-state index in [0.717, 1.165) is 11.3 Å². The number of aliphatic hydroxyl groups excluding tert-OH is 1. The van der Waals surface area contributed by atoms with Crippen LogP contribution in [-0.2, 0) is 4.79 Å². The lowest BCUT2D eigenvalue weighted by atomic mass is 10.2. The zero-order valence-electron chi connectivity index (χ0n) is 10.4. The van der Waals surface area contributed by atoms with Gasteiger partial charge in [0.15, 0.2) is 0 Å². The second-order valence-electron chi connectivity index (χ2n) is 3.99. The summed E-state index contributed by atoms with van der Waals surface area (Å²) in [5.74, 6) is 0.283. The molecule has 0 fully saturated rings. The molecule has 1 amide bonds. The quantitative estimate of drug-likeness (QED) is 0.758. The Kier molecular flexibility index (Phi) is 7.16. The van der Waals surface area contributed by atoms with E-state index in [1.54, 1.807) is 12.1 Å². The standard InChI is InChI=1S/C13H18ClNO2S/c1-2-3-11(16)8-15-13(17)9-18-12-6-4-10(14)5-7-12/h4-7,11,16H,2-3,8-9H2,1H3,(H,15,17). The van der Waals surface area contributed by atoms with Crippen molar-refractivity contribution in [2.45, 2.75) is 30.8 Å². The third-order valence-corrected chi connectivity index (χ3v) is 3.60. The number of benzene rings is 1. The fraction of sp³-hybridized carbons (Fsp3) is 0.462. The maximum absolute atomic E-state index is 11.5. The molecule has 0 bridgehead atoms. The number of carbonyl (C=O) groups excluding carboxylic acids is 1. The molecule has 1 rings (SSSR count). The van der Waals surface area contributed by atoms with Gasteiger partial charge in [-0.1, -0.05) is 24.9 Å². The summed E-state index contributed by atoms with van der Waals surface area (Å²) < 4.78 is 0. The topological polar surface area (TPSA) is 49.3 Å². The van der Waals surface area contributed by atoms with Crippen molar-refractivity contribution >= 4 is 29.3 Å². The van der Waals surface area contributed by atoms with Gasteiger partial charge in [0, 0.05) is 16.5 Å². The van der Waals surface area contributed by atoms with Crippen molar-refractivity contribution in [3.63, 3.8) is 0 Å². The number of halogens is 1. The maximum atomic E-state index is 11.5. The van der Waals surface area contributed by atoms with Crippen molar-refractivity contribution < 1.29 is 9.90 Å². The van der Waals surface area contributed by atoms with Crippen molar-refractivity contribution in [1.29, 1.82) is 0 Å². The number of rotatable bonds is 7. The van der Waals surface area contributed by atoms with Crippen LogP contribution in [-0.4, -0.2) is 29.4 Å². The van der Waals surface area contributed by atoms with Crippen LogP contribution in [0.2, 0.25) is 5.02 Å². The van der Waals surface area contributed by atoms with Gasteiger partial charge < -0.3 is 10.4 Å². The number of hydrogen-bond donors (Lipinski definition) is 2. The Bertz CT molecular complexity index is 370. The first-order chi connectivity index (χ1) is 8.61. The van der Waals surface area contributed by atoms with Crippen molar-refractivity contribution in [1.82, 2.24) is 5.32 Å². The van der Waals surface area contributed by atoms with Gasteiger partial charge in [-0.15, -0.1) is 11.8 Å². The Hall–Kier alpha value is -0.710. The van der Waals surface area contributed by atoms with Gasteiger partial charge in [-0.25, -0.2) is 0 Å². The lowest BCUT2D eigenvalue weighted by Gasteiger charge is -2.10. The lowest BCUT2D eigenvalue weighted by molar-refractivity contribution is -0.119. The number of hydrogen-bond acceptors (Lipinski definition) is 3. The van der Waals surface area contributed by atoms with Crippen LogP contribution in [0.25, 0.3) is 0 Å². The van der Waals surface area contributed by atoms with Crippen molar-refractivity contribution in [3.8, 4) is 0 Å². The molecule has 2 N–H and O–H groups in total. The summed E-state index contributed by atoms with van der Waals surface area (Å²) in [6, 6.07) is 7.36. The van der Waals surface area contributed by atoms with E-state index in [4.69, 9.17) is 11.6 Å². The van der Waals surface area contributed by atoms with Crippen LogP contribution in [0.1, 0.15) is 19.8 Å². The molecule has 0 heterocycles. The smallest absolute Gasteiger partial charge is 0.230 e. The molecule has 0 spiro atoms. The minimum Gasteiger partial charge on any atom is -0.391 e. The summed E-state index contributed by atoms with van der Waals surface area (Å²) in [6.45, 7) is 2.33. The second-order valence-corrected chi connectivity index (χ2v) is 5.47. The summed E-state index contributed by atoms with van der Waals surface area (Å²) in [5, 5.41) is 12.9. The summed E-state index contributed by atoms with van der Waals surface area (Å²) in [4.78, 5) is 12.5. The van der Waals surface area contributed by atoms with Crippen LogP contribution >= 0.6 is 23.4 Å². The SMILES string of the molecule is CCCC(O)CNC(=O)CSc1ccc(Cl)cc1. The molecule has 0 aliphatic heterocycles. The number of amides is 1. The van der Waals surface area contributed by atoms with E-state index in [0.29, 0.717) is 23.7 Å². The van der Waals surface area contributed by atoms with Crippen LogP contribution in [0.15, 0.2) is 29.2 Å². The van der Waals surface area contributed by atoms with Crippen LogP contribution in [0.3, 0.4) is 0 Å². The van der Waals surface area contributed by atoms with E-state index in [1.165, 1.54) is 11.8 Å². The molecule has 0 aromatic heterocycles. The number of carbonyl (C=O) groups is 1. The maximum Gasteiger partial charge on any atom is 0.230 e. The van der Waals surface area contributed by atoms with Gasteiger partial charge in [0.05, 0.1) is 11.9 Å². The Morgan fingerprint density at radius 1 is 1.44 bits per heavy atom. The molecule has 18 heavy (non-hydrogen) atoms. The molecular formula is C13H18ClNO2S. The van der Waals surface area contributed by atoms with E-state index in [9.17, 15) is 9.90 Å². The number of thioether (sulfide) groups is 1. The molecule has 100 valence electrons. The van der Waals surface area contributed by atoms with Crippen molar-refractivity contribution in [2.75, 3.05) is 12.3 Å². The van der Waals surface area contributed by atoms with Crippen LogP contribution in [0.4, 0.5) is 0 Å². The van der Waals surface area contributed by atoms with E-state index in [2.05, 4.69) is 5.32 Å². The van der Waals surface area contributed by atoms with E-state index < -0.39 is 6.10 Å². The molecule has 1 atom stereocenters. The number of nitrogens with one attached hydrogen (secondary N) is 1. The van der Waals surface area contributed by atoms with Gasteiger partial charge in [-0.3, -0.25) is 4.79 Å². The van der Waals surface area contributed by atoms with Gasteiger partial charge in [0.2, 0.25) is 5.91 Å². The second kappa shape index (κ2) is 8.40. The molecule has 5 heteroatoms. The highest BCUT2D eigenvalue weighted by molar-refractivity contribution is 8.00. The predicted molar refractivity (Wildman–Crippen MR) is 76.1 cm³/mol. The Morgan fingerprint density at radius 2 is 2.11 bits per heavy atom. The van der Waals surface area contributed by atoms with E-state index in [-0.39, 0.29) is 5.91 Å². The molecule has 0 saturated heterocycles. The van der Waals surface area contributed by atoms with Crippen molar-refractivity contribution in [2.24, 2.45) is 0 Å². The van der Waals surface area contributed by atoms with E-state index in [1.807, 2.05) is 19.1 Å². The zero-order chi connectivity index (χ0) is 13.4. The Labute approximate surface area is 117 Å². The average molecular weight is 288 g/mol. The molecule has 3 nitrogen and oxygen atoms in total. The predicted octanol–water partition coefficient (Wildman–Crippen LogP) is 2.71. The van der Waals surface area contributed by atoms with Crippen LogP contribution in [0, 0.1) is 0 Å². The normalized spacial score (nSPS) is 12.2. The molecule has 1 unspecified atom stereocenters. The minimum atomic E-state index is -0.445. The van der Waals surface area contributed by atoms with Gasteiger partial charge >= 0.3 is 0 Å². The molecule has 1 aromatic rings. The summed E-state index contributed by atoms with van der Waals surface area (Å²) in [5.41, 5.74) is 0. The molecular weight excluding hydrogens is 270 g/mol. The van der Waals surface area contributed by atoms with Crippen molar-refractivity contribution in [3.05, 3.63) is 29.3 Å². The molecule has 1 aromatic carbocycles. The number of aliphatic hydroxyl groups is 1. The first-order valence-electron chi connectivity index (χ1n) is 5.95.